The van der Waals surface area contributed by atoms with Crippen LogP contribution in [0.2, 0.25) is 0 Å². The van der Waals surface area contributed by atoms with E-state index >= 15 is 0 Å². The third-order valence-corrected chi connectivity index (χ3v) is 5.26. The van der Waals surface area contributed by atoms with E-state index in [-0.39, 0.29) is 0 Å². The van der Waals surface area contributed by atoms with E-state index in [0.717, 1.165) is 0 Å². The number of nitrogens with zero attached hydrogens (tertiary/aromatic N) is 1. The Morgan fingerprint density at radius 3 is 2.18 bits per heavy atom. The molecule has 1 amide bonds. The zero-order valence-electron chi connectivity index (χ0n) is 18.3. The van der Waals surface area contributed by atoms with E-state index in [1.807, 2.05) is 0 Å². The van der Waals surface area contributed by atoms with Crippen molar-refractivity contribution in [3.8, 4) is 11.3 Å². The fourth-order valence-corrected chi connectivity index (χ4v) is 3.52. The molecule has 0 saturated carbocycles. The Balaban J connectivity index is 1.53. The van der Waals surface area contributed by atoms with Gasteiger partial charge in [0.25, 0.3) is 5.91 Å². The third kappa shape index (κ3) is 4.65. The van der Waals surface area contributed by atoms with Gasteiger partial charge in [0, 0.05) is 5.56 Å². The minimum Gasteiger partial charge on any atom is -0.465 e. The quantitative estimate of drug-likeness (QED) is 0.249. The van der Waals surface area contributed by atoms with E-state index in [4.69, 9.17) is 9.15 Å². The molecule has 1 heterocycles. The number of rotatable bonds is 7. The van der Waals surface area contributed by atoms with Crippen molar-refractivity contribution >= 4 is 18.1 Å². The maximum Gasteiger partial charge on any atom is 0.337 e. The second-order valence-corrected chi connectivity index (χ2v) is 7.42. The molecule has 0 atom stereocenters. The van der Waals surface area contributed by atoms with Crippen LogP contribution < -0.4 is 5.43 Å². The molecular weight excluding hydrogens is 432 g/mol. The van der Waals surface area contributed by atoms with E-state index in [1.165, 1.54) is 13.3 Å². The van der Waals surface area contributed by atoms with Gasteiger partial charge in [-0.2, -0.15) is 5.10 Å². The molecule has 7 heteroatoms. The molecule has 1 aromatic heterocycles. The molecule has 0 saturated heterocycles. The third-order valence-electron chi connectivity index (χ3n) is 5.26. The molecule has 0 spiro atoms. The lowest BCUT2D eigenvalue weighted by molar-refractivity contribution is -0.136. The largest absolute Gasteiger partial charge is 0.465 e. The summed E-state index contributed by atoms with van der Waals surface area (Å²) < 4.78 is 10.5. The van der Waals surface area contributed by atoms with Crippen molar-refractivity contribution in [3.05, 3.63) is 120 Å². The lowest BCUT2D eigenvalue weighted by Crippen LogP contribution is -2.43. The number of benzene rings is 3. The second kappa shape index (κ2) is 9.97. The van der Waals surface area contributed by atoms with Gasteiger partial charge >= 0.3 is 5.97 Å². The molecule has 0 radical (unpaired) electrons. The lowest BCUT2D eigenvalue weighted by Gasteiger charge is -2.26. The number of amides is 1. The predicted octanol–water partition coefficient (Wildman–Crippen LogP) is 4.12. The highest BCUT2D eigenvalue weighted by molar-refractivity contribution is 5.91. The van der Waals surface area contributed by atoms with Crippen LogP contribution in [0.3, 0.4) is 0 Å². The van der Waals surface area contributed by atoms with E-state index in [9.17, 15) is 14.7 Å². The van der Waals surface area contributed by atoms with Crippen molar-refractivity contribution in [3.63, 3.8) is 0 Å². The highest BCUT2D eigenvalue weighted by Gasteiger charge is 2.39. The van der Waals surface area contributed by atoms with Crippen molar-refractivity contribution in [2.24, 2.45) is 5.10 Å². The Morgan fingerprint density at radius 1 is 0.912 bits per heavy atom. The normalized spacial score (nSPS) is 11.4. The van der Waals surface area contributed by atoms with Gasteiger partial charge in [-0.05, 0) is 35.4 Å². The summed E-state index contributed by atoms with van der Waals surface area (Å²) in [4.78, 5) is 24.8. The summed E-state index contributed by atoms with van der Waals surface area (Å²) in [7, 11) is 1.32. The first-order valence-corrected chi connectivity index (χ1v) is 10.5. The molecule has 0 aliphatic rings. The molecule has 0 unspecified atom stereocenters. The molecule has 0 bridgehead atoms. The van der Waals surface area contributed by atoms with E-state index in [0.29, 0.717) is 33.8 Å². The number of furan rings is 1. The minimum absolute atomic E-state index is 0.377. The first-order valence-electron chi connectivity index (χ1n) is 10.5. The Kier molecular flexibility index (Phi) is 6.66. The summed E-state index contributed by atoms with van der Waals surface area (Å²) in [6.45, 7) is 0. The SMILES string of the molecule is COC(=O)c1cccc(-c2ccc(/C=N\NC(=O)C(O)(c3ccccc3)c3ccccc3)o2)c1. The zero-order valence-corrected chi connectivity index (χ0v) is 18.3. The second-order valence-electron chi connectivity index (χ2n) is 7.42. The highest BCUT2D eigenvalue weighted by atomic mass is 16.5. The van der Waals surface area contributed by atoms with Gasteiger partial charge < -0.3 is 14.3 Å². The summed E-state index contributed by atoms with van der Waals surface area (Å²) in [5, 5.41) is 15.4. The molecule has 7 nitrogen and oxygen atoms in total. The maximum absolute atomic E-state index is 13.1. The molecule has 34 heavy (non-hydrogen) atoms. The molecule has 0 aliphatic carbocycles. The van der Waals surface area contributed by atoms with Gasteiger partial charge in [0.2, 0.25) is 0 Å². The number of carbonyl (C=O) groups is 2. The van der Waals surface area contributed by atoms with Gasteiger partial charge in [0.15, 0.2) is 5.60 Å². The van der Waals surface area contributed by atoms with Crippen LogP contribution in [0.15, 0.2) is 107 Å². The first-order chi connectivity index (χ1) is 16.5. The summed E-state index contributed by atoms with van der Waals surface area (Å²) in [5.41, 5.74) is 2.41. The number of aliphatic hydroxyl groups is 1. The van der Waals surface area contributed by atoms with Crippen LogP contribution in [0.5, 0.6) is 0 Å². The molecule has 4 rings (SSSR count). The Morgan fingerprint density at radius 2 is 1.56 bits per heavy atom. The van der Waals surface area contributed by atoms with E-state index < -0.39 is 17.5 Å². The average Bonchev–Trinajstić information content (AvgIpc) is 3.37. The smallest absolute Gasteiger partial charge is 0.337 e. The monoisotopic (exact) mass is 454 g/mol. The molecule has 2 N–H and O–H groups in total. The summed E-state index contributed by atoms with van der Waals surface area (Å²) in [5.74, 6) is -0.258. The molecular formula is C27H22N2O5. The summed E-state index contributed by atoms with van der Waals surface area (Å²) in [6, 6.07) is 27.6. The minimum atomic E-state index is -1.93. The topological polar surface area (TPSA) is 101 Å². The highest BCUT2D eigenvalue weighted by Crippen LogP contribution is 2.30. The van der Waals surface area contributed by atoms with Crippen LogP contribution in [0.25, 0.3) is 11.3 Å². The standard InChI is InChI=1S/C27H22N2O5/c1-33-25(30)20-10-8-9-19(17-20)24-16-15-23(34-24)18-28-29-26(31)27(32,21-11-4-2-5-12-21)22-13-6-3-7-14-22/h2-18,32H,1H3,(H,29,31)/b28-18-. The van der Waals surface area contributed by atoms with Crippen molar-refractivity contribution in [1.29, 1.82) is 0 Å². The van der Waals surface area contributed by atoms with Gasteiger partial charge in [-0.25, -0.2) is 10.2 Å². The number of esters is 1. The number of hydrogen-bond acceptors (Lipinski definition) is 6. The van der Waals surface area contributed by atoms with Crippen molar-refractivity contribution < 1.29 is 23.8 Å². The summed E-state index contributed by atoms with van der Waals surface area (Å²) in [6.07, 6.45) is 1.34. The van der Waals surface area contributed by atoms with Crippen molar-refractivity contribution in [1.82, 2.24) is 5.43 Å². The molecule has 4 aromatic rings. The van der Waals surface area contributed by atoms with Crippen LogP contribution in [0, 0.1) is 0 Å². The zero-order chi connectivity index (χ0) is 24.0. The van der Waals surface area contributed by atoms with Crippen molar-refractivity contribution in [2.75, 3.05) is 7.11 Å². The number of nitrogens with one attached hydrogen (secondary N) is 1. The number of carbonyl (C=O) groups excluding carboxylic acids is 2. The predicted molar refractivity (Wildman–Crippen MR) is 127 cm³/mol. The van der Waals surface area contributed by atoms with Crippen LogP contribution in [0.4, 0.5) is 0 Å². The van der Waals surface area contributed by atoms with Gasteiger partial charge in [0.05, 0.1) is 18.9 Å². The fraction of sp³-hybridized carbons (Fsp3) is 0.0741. The molecule has 0 fully saturated rings. The van der Waals surface area contributed by atoms with Gasteiger partial charge in [-0.15, -0.1) is 0 Å². The maximum atomic E-state index is 13.1. The average molecular weight is 454 g/mol. The Hall–Kier alpha value is -4.49. The Labute approximate surface area is 196 Å². The first kappa shape index (κ1) is 22.7. The molecule has 170 valence electrons. The molecule has 3 aromatic carbocycles. The van der Waals surface area contributed by atoms with E-state index in [2.05, 4.69) is 10.5 Å². The van der Waals surface area contributed by atoms with Crippen LogP contribution in [0.1, 0.15) is 27.2 Å². The van der Waals surface area contributed by atoms with Crippen molar-refractivity contribution in [2.45, 2.75) is 5.60 Å². The van der Waals surface area contributed by atoms with E-state index in [1.54, 1.807) is 97.1 Å². The number of hydrogen-bond donors (Lipinski definition) is 2. The van der Waals surface area contributed by atoms with Gasteiger partial charge in [-0.3, -0.25) is 4.79 Å². The Bertz CT molecular complexity index is 1270. The molecule has 0 aliphatic heterocycles. The van der Waals surface area contributed by atoms with Crippen LogP contribution in [-0.2, 0) is 15.1 Å². The number of hydrazone groups is 1. The lowest BCUT2D eigenvalue weighted by atomic mass is 9.85. The fourth-order valence-electron chi connectivity index (χ4n) is 3.52. The number of ether oxygens (including phenoxy) is 1. The van der Waals surface area contributed by atoms with Gasteiger partial charge in [-0.1, -0.05) is 72.8 Å². The van der Waals surface area contributed by atoms with Crippen LogP contribution >= 0.6 is 0 Å². The number of methoxy groups -OCH3 is 1. The van der Waals surface area contributed by atoms with Crippen LogP contribution in [-0.4, -0.2) is 30.3 Å². The van der Waals surface area contributed by atoms with Gasteiger partial charge in [0.1, 0.15) is 11.5 Å². The summed E-state index contributed by atoms with van der Waals surface area (Å²) >= 11 is 0.